The van der Waals surface area contributed by atoms with Gasteiger partial charge in [-0.25, -0.2) is 15.0 Å². The van der Waals surface area contributed by atoms with Gasteiger partial charge in [0.1, 0.15) is 22.3 Å². The van der Waals surface area contributed by atoms with Crippen LogP contribution < -0.4 is 0 Å². The first kappa shape index (κ1) is 34.1. The molecule has 0 aliphatic heterocycles. The molecule has 10 aromatic carbocycles. The van der Waals surface area contributed by atoms with Crippen LogP contribution >= 0.6 is 0 Å². The molecule has 292 valence electrons. The highest BCUT2D eigenvalue weighted by molar-refractivity contribution is 6.22. The maximum Gasteiger partial charge on any atom is 0.164 e. The molecule has 6 nitrogen and oxygen atoms in total. The van der Waals surface area contributed by atoms with E-state index >= 15 is 0 Å². The minimum atomic E-state index is 0.559. The Bertz CT molecular complexity index is 4220. The van der Waals surface area contributed by atoms with Gasteiger partial charge in [0.05, 0.1) is 11.0 Å². The Labute approximate surface area is 358 Å². The van der Waals surface area contributed by atoms with E-state index in [2.05, 4.69) is 144 Å². The summed E-state index contributed by atoms with van der Waals surface area (Å²) < 4.78 is 15.4. The molecule has 4 heterocycles. The van der Waals surface area contributed by atoms with Crippen molar-refractivity contribution in [1.29, 1.82) is 0 Å². The van der Waals surface area contributed by atoms with Crippen molar-refractivity contribution in [1.82, 2.24) is 19.5 Å². The zero-order valence-corrected chi connectivity index (χ0v) is 33.6. The molecule has 0 N–H and O–H groups in total. The summed E-state index contributed by atoms with van der Waals surface area (Å²) in [6.45, 7) is 0. The molecule has 0 radical (unpaired) electrons. The van der Waals surface area contributed by atoms with Crippen molar-refractivity contribution >= 4 is 98.0 Å². The molecule has 63 heavy (non-hydrogen) atoms. The third-order valence-corrected chi connectivity index (χ3v) is 12.8. The number of furan rings is 2. The number of rotatable bonds is 4. The first-order chi connectivity index (χ1) is 31.2. The zero-order chi connectivity index (χ0) is 41.2. The molecule has 0 aliphatic carbocycles. The fourth-order valence-electron chi connectivity index (χ4n) is 9.81. The van der Waals surface area contributed by atoms with E-state index in [0.717, 1.165) is 77.0 Å². The number of fused-ring (bicyclic) bond motifs is 14. The lowest BCUT2D eigenvalue weighted by Crippen LogP contribution is -2.00. The van der Waals surface area contributed by atoms with Gasteiger partial charge in [0.2, 0.25) is 0 Å². The molecule has 0 aliphatic rings. The summed E-state index contributed by atoms with van der Waals surface area (Å²) in [4.78, 5) is 15.1. The van der Waals surface area contributed by atoms with Gasteiger partial charge < -0.3 is 13.4 Å². The maximum atomic E-state index is 6.72. The molecule has 0 amide bonds. The molecule has 0 saturated heterocycles. The van der Waals surface area contributed by atoms with E-state index in [1.54, 1.807) is 0 Å². The summed E-state index contributed by atoms with van der Waals surface area (Å²) in [6, 6.07) is 68.2. The average Bonchev–Trinajstić information content (AvgIpc) is 4.02. The highest BCUT2D eigenvalue weighted by atomic mass is 16.3. The maximum absolute atomic E-state index is 6.72. The second-order valence-electron chi connectivity index (χ2n) is 16.4. The smallest absolute Gasteiger partial charge is 0.164 e. The van der Waals surface area contributed by atoms with Crippen LogP contribution in [0.25, 0.3) is 138 Å². The zero-order valence-electron chi connectivity index (χ0n) is 33.6. The molecule has 14 rings (SSSR count). The van der Waals surface area contributed by atoms with Crippen LogP contribution in [0.5, 0.6) is 0 Å². The van der Waals surface area contributed by atoms with Crippen molar-refractivity contribution in [3.05, 3.63) is 194 Å². The molecule has 0 unspecified atom stereocenters. The lowest BCUT2D eigenvalue weighted by atomic mass is 10.0. The summed E-state index contributed by atoms with van der Waals surface area (Å²) >= 11 is 0. The quantitative estimate of drug-likeness (QED) is 0.177. The molecule has 0 spiro atoms. The van der Waals surface area contributed by atoms with Crippen LogP contribution in [-0.2, 0) is 0 Å². The van der Waals surface area contributed by atoms with Gasteiger partial charge in [0.25, 0.3) is 0 Å². The van der Waals surface area contributed by atoms with Gasteiger partial charge >= 0.3 is 0 Å². The monoisotopic (exact) mass is 804 g/mol. The van der Waals surface area contributed by atoms with Crippen molar-refractivity contribution in [2.45, 2.75) is 0 Å². The van der Waals surface area contributed by atoms with Gasteiger partial charge in [0, 0.05) is 60.1 Å². The van der Waals surface area contributed by atoms with Crippen LogP contribution in [0.2, 0.25) is 0 Å². The molecular weight excluding hydrogens is 773 g/mol. The van der Waals surface area contributed by atoms with E-state index in [1.807, 2.05) is 54.6 Å². The molecule has 6 heteroatoms. The lowest BCUT2D eigenvalue weighted by Gasteiger charge is -2.12. The van der Waals surface area contributed by atoms with Gasteiger partial charge in [0.15, 0.2) is 17.5 Å². The Hall–Kier alpha value is -8.61. The second-order valence-corrected chi connectivity index (χ2v) is 16.4. The fraction of sp³-hybridized carbons (Fsp3) is 0. The third kappa shape index (κ3) is 5.15. The molecule has 14 aromatic rings. The average molecular weight is 805 g/mol. The van der Waals surface area contributed by atoms with Crippen molar-refractivity contribution < 1.29 is 8.83 Å². The highest BCUT2D eigenvalue weighted by Crippen LogP contribution is 2.42. The summed E-state index contributed by atoms with van der Waals surface area (Å²) in [5.41, 5.74) is 9.30. The summed E-state index contributed by atoms with van der Waals surface area (Å²) in [5.74, 6) is 1.72. The molecule has 0 bridgehead atoms. The van der Waals surface area contributed by atoms with Crippen LogP contribution in [0, 0.1) is 0 Å². The third-order valence-electron chi connectivity index (χ3n) is 12.8. The van der Waals surface area contributed by atoms with Crippen molar-refractivity contribution in [3.63, 3.8) is 0 Å². The predicted molar refractivity (Wildman–Crippen MR) is 258 cm³/mol. The summed E-state index contributed by atoms with van der Waals surface area (Å²) in [6.07, 6.45) is 0. The SMILES string of the molecule is c1ccc(-c2nc(-c3ccc4c(c3)oc3ccccc34)nc(-c3ccc4c(c3)oc3ccc5ccc(-n6c7cc8ccccc8cc7c7ccc8ccccc8c76)cc5c34)n2)cc1. The molecule has 0 saturated carbocycles. The van der Waals surface area contributed by atoms with Gasteiger partial charge in [-0.1, -0.05) is 133 Å². The number of hydrogen-bond acceptors (Lipinski definition) is 5. The van der Waals surface area contributed by atoms with Crippen LogP contribution in [0.1, 0.15) is 0 Å². The number of nitrogens with zero attached hydrogens (tertiary/aromatic N) is 4. The molecule has 4 aromatic heterocycles. The predicted octanol–water partition coefficient (Wildman–Crippen LogP) is 15.2. The minimum absolute atomic E-state index is 0.559. The number of hydrogen-bond donors (Lipinski definition) is 0. The van der Waals surface area contributed by atoms with Crippen LogP contribution in [-0.4, -0.2) is 19.5 Å². The largest absolute Gasteiger partial charge is 0.456 e. The Morgan fingerprint density at radius 1 is 0.317 bits per heavy atom. The van der Waals surface area contributed by atoms with Crippen molar-refractivity contribution in [3.8, 4) is 39.9 Å². The summed E-state index contributed by atoms with van der Waals surface area (Å²) in [5, 5.41) is 13.9. The van der Waals surface area contributed by atoms with Crippen LogP contribution in [0.15, 0.2) is 203 Å². The van der Waals surface area contributed by atoms with Gasteiger partial charge in [-0.3, -0.25) is 0 Å². The fourth-order valence-corrected chi connectivity index (χ4v) is 9.81. The Morgan fingerprint density at radius 2 is 0.889 bits per heavy atom. The van der Waals surface area contributed by atoms with E-state index < -0.39 is 0 Å². The van der Waals surface area contributed by atoms with Crippen molar-refractivity contribution in [2.75, 3.05) is 0 Å². The van der Waals surface area contributed by atoms with Gasteiger partial charge in [-0.2, -0.15) is 0 Å². The van der Waals surface area contributed by atoms with Crippen LogP contribution in [0.4, 0.5) is 0 Å². The van der Waals surface area contributed by atoms with E-state index in [0.29, 0.717) is 17.5 Å². The number of aromatic nitrogens is 4. The second kappa shape index (κ2) is 12.9. The normalized spacial score (nSPS) is 12.1. The van der Waals surface area contributed by atoms with E-state index in [4.69, 9.17) is 23.8 Å². The minimum Gasteiger partial charge on any atom is -0.456 e. The number of para-hydroxylation sites is 1. The van der Waals surface area contributed by atoms with Crippen molar-refractivity contribution in [2.24, 2.45) is 0 Å². The molecule has 0 fully saturated rings. The highest BCUT2D eigenvalue weighted by Gasteiger charge is 2.20. The van der Waals surface area contributed by atoms with Gasteiger partial charge in [-0.15, -0.1) is 0 Å². The number of benzene rings is 10. The Morgan fingerprint density at radius 3 is 1.70 bits per heavy atom. The lowest BCUT2D eigenvalue weighted by molar-refractivity contribution is 0.669. The Kier molecular flexibility index (Phi) is 7.02. The molecule has 0 atom stereocenters. The first-order valence-electron chi connectivity index (χ1n) is 21.2. The first-order valence-corrected chi connectivity index (χ1v) is 21.2. The molecular formula is C57H32N4O2. The van der Waals surface area contributed by atoms with E-state index in [1.165, 1.54) is 43.4 Å². The van der Waals surface area contributed by atoms with E-state index in [-0.39, 0.29) is 0 Å². The van der Waals surface area contributed by atoms with Gasteiger partial charge in [-0.05, 0) is 87.6 Å². The summed E-state index contributed by atoms with van der Waals surface area (Å²) in [7, 11) is 0. The van der Waals surface area contributed by atoms with E-state index in [9.17, 15) is 0 Å². The topological polar surface area (TPSA) is 69.9 Å². The Balaban J connectivity index is 0.953. The standard InChI is InChI=1S/C57H32N4O2/c1-2-11-35(12-3-1)55-58-56(38-20-24-43-42-16-8-9-17-49(42)62-51(43)30-38)60-57(59-55)39-21-26-45-52(31-39)63-50-27-22-34-18-23-40(32-46(34)53(45)50)61-48-29-37-14-5-4-13-36(37)28-47(48)44-25-19-33-10-6-7-15-41(33)54(44)61/h1-32H. The van der Waals surface area contributed by atoms with Crippen LogP contribution in [0.3, 0.4) is 0 Å².